The van der Waals surface area contributed by atoms with Crippen molar-refractivity contribution in [2.45, 2.75) is 51.0 Å². The molecule has 6 heteroatoms. The van der Waals surface area contributed by atoms with Crippen LogP contribution >= 0.6 is 0 Å². The zero-order valence-corrected chi connectivity index (χ0v) is 15.6. The standard InChI is InChI=1S/C20H28N4O2/c1-26-13-12-24-18(22-17-8-5-10-21-19(17)24)16-9-11-23(14-16)20(25)15-6-3-2-4-7-15/h5,8,10,15-16H,2-4,6-7,9,11-14H2,1H3/t16-/m1/s1. The van der Waals surface area contributed by atoms with Crippen molar-refractivity contribution in [3.05, 3.63) is 24.2 Å². The molecule has 2 aromatic rings. The Bertz CT molecular complexity index is 766. The van der Waals surface area contributed by atoms with E-state index >= 15 is 0 Å². The minimum Gasteiger partial charge on any atom is -0.383 e. The number of rotatable bonds is 5. The fourth-order valence-corrected chi connectivity index (χ4v) is 4.47. The fourth-order valence-electron chi connectivity index (χ4n) is 4.47. The lowest BCUT2D eigenvalue weighted by atomic mass is 9.88. The lowest BCUT2D eigenvalue weighted by Crippen LogP contribution is -2.35. The van der Waals surface area contributed by atoms with E-state index in [1.54, 1.807) is 7.11 Å². The molecule has 0 bridgehead atoms. The van der Waals surface area contributed by atoms with E-state index in [9.17, 15) is 4.79 Å². The Kier molecular flexibility index (Phi) is 5.20. The van der Waals surface area contributed by atoms with Crippen LogP contribution in [0.2, 0.25) is 0 Å². The van der Waals surface area contributed by atoms with Gasteiger partial charge in [0, 0.05) is 44.8 Å². The van der Waals surface area contributed by atoms with E-state index in [4.69, 9.17) is 9.72 Å². The molecule has 0 spiro atoms. The molecule has 1 amide bonds. The maximum absolute atomic E-state index is 12.9. The van der Waals surface area contributed by atoms with Crippen LogP contribution < -0.4 is 0 Å². The van der Waals surface area contributed by atoms with Crippen molar-refractivity contribution in [3.63, 3.8) is 0 Å². The summed E-state index contributed by atoms with van der Waals surface area (Å²) in [5.74, 6) is 1.95. The van der Waals surface area contributed by atoms with Crippen molar-refractivity contribution in [3.8, 4) is 0 Å². The molecule has 2 fully saturated rings. The van der Waals surface area contributed by atoms with E-state index < -0.39 is 0 Å². The van der Waals surface area contributed by atoms with Crippen LogP contribution in [0.25, 0.3) is 11.2 Å². The van der Waals surface area contributed by atoms with Gasteiger partial charge in [-0.2, -0.15) is 0 Å². The van der Waals surface area contributed by atoms with E-state index in [0.717, 1.165) is 55.9 Å². The molecule has 1 saturated carbocycles. The number of amides is 1. The maximum atomic E-state index is 12.9. The first-order chi connectivity index (χ1) is 12.8. The molecule has 0 aromatic carbocycles. The van der Waals surface area contributed by atoms with Gasteiger partial charge in [-0.3, -0.25) is 4.79 Å². The van der Waals surface area contributed by atoms with Crippen molar-refractivity contribution >= 4 is 17.1 Å². The average molecular weight is 356 g/mol. The van der Waals surface area contributed by atoms with Gasteiger partial charge in [0.25, 0.3) is 0 Å². The van der Waals surface area contributed by atoms with Crippen molar-refractivity contribution in [2.24, 2.45) is 5.92 Å². The Morgan fingerprint density at radius 2 is 2.12 bits per heavy atom. The molecule has 0 N–H and O–H groups in total. The first kappa shape index (κ1) is 17.5. The van der Waals surface area contributed by atoms with Crippen LogP contribution in [0.4, 0.5) is 0 Å². The van der Waals surface area contributed by atoms with Gasteiger partial charge in [0.2, 0.25) is 5.91 Å². The smallest absolute Gasteiger partial charge is 0.225 e. The van der Waals surface area contributed by atoms with Gasteiger partial charge in [-0.05, 0) is 31.4 Å². The van der Waals surface area contributed by atoms with Crippen LogP contribution in [0, 0.1) is 5.92 Å². The number of methoxy groups -OCH3 is 1. The molecule has 2 aliphatic rings. The van der Waals surface area contributed by atoms with Crippen molar-refractivity contribution in [1.82, 2.24) is 19.4 Å². The van der Waals surface area contributed by atoms with E-state index in [0.29, 0.717) is 12.5 Å². The van der Waals surface area contributed by atoms with E-state index in [1.165, 1.54) is 19.3 Å². The minimum atomic E-state index is 0.247. The molecule has 2 aromatic heterocycles. The average Bonchev–Trinajstić information content (AvgIpc) is 3.31. The first-order valence-electron chi connectivity index (χ1n) is 9.87. The highest BCUT2D eigenvalue weighted by atomic mass is 16.5. The molecule has 26 heavy (non-hydrogen) atoms. The van der Waals surface area contributed by atoms with Crippen LogP contribution in [-0.4, -0.2) is 52.1 Å². The van der Waals surface area contributed by atoms with E-state index in [1.807, 2.05) is 18.3 Å². The summed E-state index contributed by atoms with van der Waals surface area (Å²) in [5.41, 5.74) is 1.84. The Balaban J connectivity index is 1.53. The number of ether oxygens (including phenoxy) is 1. The highest BCUT2D eigenvalue weighted by Gasteiger charge is 2.34. The predicted octanol–water partition coefficient (Wildman–Crippen LogP) is 2.97. The van der Waals surface area contributed by atoms with Gasteiger partial charge in [-0.15, -0.1) is 0 Å². The molecule has 0 unspecified atom stereocenters. The van der Waals surface area contributed by atoms with Crippen LogP contribution in [0.1, 0.15) is 50.3 Å². The summed E-state index contributed by atoms with van der Waals surface area (Å²) < 4.78 is 7.46. The summed E-state index contributed by atoms with van der Waals surface area (Å²) in [4.78, 5) is 24.3. The first-order valence-corrected chi connectivity index (χ1v) is 9.87. The highest BCUT2D eigenvalue weighted by Crippen LogP contribution is 2.32. The number of carbonyl (C=O) groups excluding carboxylic acids is 1. The van der Waals surface area contributed by atoms with Crippen LogP contribution in [0.5, 0.6) is 0 Å². The second kappa shape index (κ2) is 7.74. The van der Waals surface area contributed by atoms with Gasteiger partial charge in [-0.1, -0.05) is 19.3 Å². The molecule has 0 radical (unpaired) electrons. The molecule has 140 valence electrons. The molecule has 1 aliphatic heterocycles. The Hall–Kier alpha value is -1.95. The number of imidazole rings is 1. The van der Waals surface area contributed by atoms with Gasteiger partial charge < -0.3 is 14.2 Å². The second-order valence-electron chi connectivity index (χ2n) is 7.57. The Morgan fingerprint density at radius 3 is 2.92 bits per heavy atom. The van der Waals surface area contributed by atoms with Crippen molar-refractivity contribution in [2.75, 3.05) is 26.8 Å². The third-order valence-corrected chi connectivity index (χ3v) is 5.87. The van der Waals surface area contributed by atoms with Crippen LogP contribution in [-0.2, 0) is 16.1 Å². The summed E-state index contributed by atoms with van der Waals surface area (Å²) in [7, 11) is 1.71. The van der Waals surface area contributed by atoms with Crippen LogP contribution in [0.3, 0.4) is 0 Å². The minimum absolute atomic E-state index is 0.247. The number of nitrogens with zero attached hydrogens (tertiary/aromatic N) is 4. The monoisotopic (exact) mass is 356 g/mol. The lowest BCUT2D eigenvalue weighted by molar-refractivity contribution is -0.135. The van der Waals surface area contributed by atoms with E-state index in [2.05, 4.69) is 14.5 Å². The topological polar surface area (TPSA) is 60.2 Å². The molecule has 1 aliphatic carbocycles. The number of aromatic nitrogens is 3. The van der Waals surface area contributed by atoms with Crippen molar-refractivity contribution in [1.29, 1.82) is 0 Å². The third-order valence-electron chi connectivity index (χ3n) is 5.87. The summed E-state index contributed by atoms with van der Waals surface area (Å²) in [6, 6.07) is 3.93. The lowest BCUT2D eigenvalue weighted by Gasteiger charge is -2.26. The van der Waals surface area contributed by atoms with Crippen LogP contribution in [0.15, 0.2) is 18.3 Å². The van der Waals surface area contributed by atoms with Gasteiger partial charge >= 0.3 is 0 Å². The number of fused-ring (bicyclic) bond motifs is 1. The summed E-state index contributed by atoms with van der Waals surface area (Å²) in [6.45, 7) is 3.01. The summed E-state index contributed by atoms with van der Waals surface area (Å²) in [5, 5.41) is 0. The number of hydrogen-bond donors (Lipinski definition) is 0. The van der Waals surface area contributed by atoms with Gasteiger partial charge in [0.15, 0.2) is 5.65 Å². The zero-order chi connectivity index (χ0) is 17.9. The molecular formula is C20H28N4O2. The Morgan fingerprint density at radius 1 is 1.27 bits per heavy atom. The quantitative estimate of drug-likeness (QED) is 0.826. The Labute approximate surface area is 154 Å². The molecule has 1 saturated heterocycles. The molecule has 3 heterocycles. The largest absolute Gasteiger partial charge is 0.383 e. The number of carbonyl (C=O) groups is 1. The van der Waals surface area contributed by atoms with Crippen molar-refractivity contribution < 1.29 is 9.53 Å². The molecule has 1 atom stereocenters. The third kappa shape index (κ3) is 3.34. The highest BCUT2D eigenvalue weighted by molar-refractivity contribution is 5.79. The van der Waals surface area contributed by atoms with Gasteiger partial charge in [0.05, 0.1) is 6.61 Å². The fraction of sp³-hybridized carbons (Fsp3) is 0.650. The second-order valence-corrected chi connectivity index (χ2v) is 7.57. The maximum Gasteiger partial charge on any atom is 0.225 e. The SMILES string of the molecule is COCCn1c([C@@H]2CCN(C(=O)C3CCCCC3)C2)nc2cccnc21. The number of pyridine rings is 1. The number of likely N-dealkylation sites (tertiary alicyclic amines) is 1. The normalized spacial score (nSPS) is 21.6. The predicted molar refractivity (Wildman–Crippen MR) is 99.9 cm³/mol. The van der Waals surface area contributed by atoms with E-state index in [-0.39, 0.29) is 11.8 Å². The molecule has 4 rings (SSSR count). The molecule has 6 nitrogen and oxygen atoms in total. The van der Waals surface area contributed by atoms with Gasteiger partial charge in [0.1, 0.15) is 11.3 Å². The summed E-state index contributed by atoms with van der Waals surface area (Å²) >= 11 is 0. The van der Waals surface area contributed by atoms with Gasteiger partial charge in [-0.25, -0.2) is 9.97 Å². The summed E-state index contributed by atoms with van der Waals surface area (Å²) in [6.07, 6.45) is 8.60. The number of hydrogen-bond acceptors (Lipinski definition) is 4. The zero-order valence-electron chi connectivity index (χ0n) is 15.6. The molecular weight excluding hydrogens is 328 g/mol.